The van der Waals surface area contributed by atoms with Crippen molar-refractivity contribution in [3.05, 3.63) is 47.7 Å². The van der Waals surface area contributed by atoms with E-state index in [2.05, 4.69) is 30.8 Å². The molecule has 0 spiro atoms. The minimum atomic E-state index is 0.107. The number of nitriles is 1. The number of amides is 1. The van der Waals surface area contributed by atoms with Gasteiger partial charge in [0.05, 0.1) is 23.0 Å². The van der Waals surface area contributed by atoms with Crippen molar-refractivity contribution >= 4 is 11.7 Å². The van der Waals surface area contributed by atoms with Gasteiger partial charge in [0.15, 0.2) is 0 Å². The lowest BCUT2D eigenvalue weighted by atomic mass is 9.97. The maximum Gasteiger partial charge on any atom is 0.226 e. The van der Waals surface area contributed by atoms with E-state index in [0.717, 1.165) is 62.5 Å². The second-order valence-corrected chi connectivity index (χ2v) is 7.56. The van der Waals surface area contributed by atoms with Crippen LogP contribution in [-0.2, 0) is 11.2 Å². The highest BCUT2D eigenvalue weighted by Crippen LogP contribution is 2.32. The van der Waals surface area contributed by atoms with Crippen molar-refractivity contribution < 1.29 is 4.79 Å². The van der Waals surface area contributed by atoms with Gasteiger partial charge in [-0.3, -0.25) is 14.8 Å². The fourth-order valence-corrected chi connectivity index (χ4v) is 4.30. The average Bonchev–Trinajstić information content (AvgIpc) is 3.04. The number of hydrogen-bond acceptors (Lipinski definition) is 6. The van der Waals surface area contributed by atoms with Crippen molar-refractivity contribution in [2.45, 2.75) is 38.6 Å². The molecule has 28 heavy (non-hydrogen) atoms. The van der Waals surface area contributed by atoms with Crippen LogP contribution in [0.15, 0.2) is 30.7 Å². The number of rotatable bonds is 5. The van der Waals surface area contributed by atoms with Gasteiger partial charge in [-0.2, -0.15) is 5.26 Å². The molecule has 4 heterocycles. The van der Waals surface area contributed by atoms with Crippen molar-refractivity contribution in [2.75, 3.05) is 24.5 Å². The molecule has 2 aliphatic heterocycles. The Labute approximate surface area is 165 Å². The molecule has 0 bridgehead atoms. The second-order valence-electron chi connectivity index (χ2n) is 7.56. The monoisotopic (exact) mass is 376 g/mol. The fourth-order valence-electron chi connectivity index (χ4n) is 4.30. The number of aromatic nitrogens is 3. The van der Waals surface area contributed by atoms with E-state index in [1.165, 1.54) is 0 Å². The lowest BCUT2D eigenvalue weighted by Gasteiger charge is -2.38. The summed E-state index contributed by atoms with van der Waals surface area (Å²) in [5, 5.41) is 8.92. The standard InChI is InChI=1S/C21H24N6O/c1-15-19(24-8-7-23-15)4-2-3-17-11-18-14-26(9-10-27(18)21(17)28)20-6-5-16(12-22)13-25-20/h5-8,13,17-18H,2-4,9-11,14H2,1H3/t17-,18-/m0/s1. The van der Waals surface area contributed by atoms with Gasteiger partial charge in [-0.05, 0) is 44.7 Å². The molecule has 2 saturated heterocycles. The van der Waals surface area contributed by atoms with Crippen LogP contribution in [0.2, 0.25) is 0 Å². The van der Waals surface area contributed by atoms with E-state index in [4.69, 9.17) is 5.26 Å². The van der Waals surface area contributed by atoms with Gasteiger partial charge in [0.2, 0.25) is 5.91 Å². The third-order valence-electron chi connectivity index (χ3n) is 5.82. The molecule has 7 nitrogen and oxygen atoms in total. The van der Waals surface area contributed by atoms with Gasteiger partial charge in [0.1, 0.15) is 11.9 Å². The summed E-state index contributed by atoms with van der Waals surface area (Å²) in [7, 11) is 0. The minimum Gasteiger partial charge on any atom is -0.353 e. The number of piperazine rings is 1. The maximum atomic E-state index is 12.8. The molecule has 1 amide bonds. The van der Waals surface area contributed by atoms with Crippen LogP contribution in [0.4, 0.5) is 5.82 Å². The molecule has 0 saturated carbocycles. The number of carbonyl (C=O) groups is 1. The highest BCUT2D eigenvalue weighted by Gasteiger charge is 2.42. The predicted octanol–water partition coefficient (Wildman–Crippen LogP) is 2.11. The van der Waals surface area contributed by atoms with Gasteiger partial charge in [-0.1, -0.05) is 0 Å². The van der Waals surface area contributed by atoms with E-state index in [-0.39, 0.29) is 12.0 Å². The highest BCUT2D eigenvalue weighted by molar-refractivity contribution is 5.82. The molecule has 2 atom stereocenters. The van der Waals surface area contributed by atoms with Crippen LogP contribution in [0.25, 0.3) is 0 Å². The zero-order valence-electron chi connectivity index (χ0n) is 16.1. The van der Waals surface area contributed by atoms with Crippen LogP contribution < -0.4 is 4.90 Å². The maximum absolute atomic E-state index is 12.8. The molecule has 144 valence electrons. The molecule has 2 aliphatic rings. The Kier molecular flexibility index (Phi) is 5.20. The van der Waals surface area contributed by atoms with E-state index < -0.39 is 0 Å². The molecule has 2 aromatic heterocycles. The third-order valence-corrected chi connectivity index (χ3v) is 5.82. The lowest BCUT2D eigenvalue weighted by Crippen LogP contribution is -2.51. The van der Waals surface area contributed by atoms with Crippen LogP contribution in [0.3, 0.4) is 0 Å². The van der Waals surface area contributed by atoms with Crippen LogP contribution in [0, 0.1) is 24.2 Å². The largest absolute Gasteiger partial charge is 0.353 e. The fraction of sp³-hybridized carbons (Fsp3) is 0.476. The van der Waals surface area contributed by atoms with Crippen molar-refractivity contribution in [1.82, 2.24) is 19.9 Å². The molecule has 0 unspecified atom stereocenters. The lowest BCUT2D eigenvalue weighted by molar-refractivity contribution is -0.132. The minimum absolute atomic E-state index is 0.107. The summed E-state index contributed by atoms with van der Waals surface area (Å²) in [4.78, 5) is 30.2. The first-order valence-corrected chi connectivity index (χ1v) is 9.84. The predicted molar refractivity (Wildman–Crippen MR) is 104 cm³/mol. The van der Waals surface area contributed by atoms with E-state index in [0.29, 0.717) is 11.5 Å². The Balaban J connectivity index is 1.33. The Morgan fingerprint density at radius 3 is 2.82 bits per heavy atom. The van der Waals surface area contributed by atoms with Crippen LogP contribution >= 0.6 is 0 Å². The Bertz CT molecular complexity index is 891. The first kappa shape index (κ1) is 18.4. The van der Waals surface area contributed by atoms with Gasteiger partial charge < -0.3 is 9.80 Å². The number of aryl methyl sites for hydroxylation is 2. The van der Waals surface area contributed by atoms with Crippen molar-refractivity contribution in [2.24, 2.45) is 5.92 Å². The van der Waals surface area contributed by atoms with Gasteiger partial charge >= 0.3 is 0 Å². The molecule has 0 radical (unpaired) electrons. The summed E-state index contributed by atoms with van der Waals surface area (Å²) in [6, 6.07) is 6.04. The molecular weight excluding hydrogens is 352 g/mol. The van der Waals surface area contributed by atoms with Crippen molar-refractivity contribution in [3.63, 3.8) is 0 Å². The van der Waals surface area contributed by atoms with E-state index >= 15 is 0 Å². The highest BCUT2D eigenvalue weighted by atomic mass is 16.2. The molecule has 7 heteroatoms. The van der Waals surface area contributed by atoms with Crippen molar-refractivity contribution in [3.8, 4) is 6.07 Å². The molecular formula is C21H24N6O. The summed E-state index contributed by atoms with van der Waals surface area (Å²) in [6.07, 6.45) is 8.69. The first-order chi connectivity index (χ1) is 13.7. The molecule has 0 aliphatic carbocycles. The summed E-state index contributed by atoms with van der Waals surface area (Å²) in [5.41, 5.74) is 2.57. The summed E-state index contributed by atoms with van der Waals surface area (Å²) < 4.78 is 0. The molecule has 2 fully saturated rings. The average molecular weight is 376 g/mol. The number of carbonyl (C=O) groups excluding carboxylic acids is 1. The Hall–Kier alpha value is -3.01. The number of pyridine rings is 1. The molecule has 4 rings (SSSR count). The molecule has 2 aromatic rings. The summed E-state index contributed by atoms with van der Waals surface area (Å²) >= 11 is 0. The Morgan fingerprint density at radius 1 is 1.21 bits per heavy atom. The van der Waals surface area contributed by atoms with Gasteiger partial charge in [0, 0.05) is 44.1 Å². The summed E-state index contributed by atoms with van der Waals surface area (Å²) in [6.45, 7) is 4.32. The van der Waals surface area contributed by atoms with E-state index in [1.54, 1.807) is 24.7 Å². The second kappa shape index (κ2) is 7.93. The topological polar surface area (TPSA) is 86.0 Å². The zero-order valence-corrected chi connectivity index (χ0v) is 16.1. The third kappa shape index (κ3) is 3.68. The first-order valence-electron chi connectivity index (χ1n) is 9.84. The quantitative estimate of drug-likeness (QED) is 0.794. The number of nitrogens with zero attached hydrogens (tertiary/aromatic N) is 6. The zero-order chi connectivity index (χ0) is 19.5. The van der Waals surface area contributed by atoms with E-state index in [9.17, 15) is 4.79 Å². The Morgan fingerprint density at radius 2 is 2.07 bits per heavy atom. The summed E-state index contributed by atoms with van der Waals surface area (Å²) in [5.74, 6) is 1.29. The normalized spacial score (nSPS) is 21.5. The number of hydrogen-bond donors (Lipinski definition) is 0. The van der Waals surface area contributed by atoms with Crippen LogP contribution in [0.1, 0.15) is 36.2 Å². The van der Waals surface area contributed by atoms with Crippen LogP contribution in [0.5, 0.6) is 0 Å². The van der Waals surface area contributed by atoms with Crippen molar-refractivity contribution in [1.29, 1.82) is 5.26 Å². The number of anilines is 1. The number of fused-ring (bicyclic) bond motifs is 1. The SMILES string of the molecule is Cc1nccnc1CCC[C@H]1C[C@H]2CN(c3ccc(C#N)cn3)CCN2C1=O. The molecule has 0 aromatic carbocycles. The smallest absolute Gasteiger partial charge is 0.226 e. The van der Waals surface area contributed by atoms with Crippen LogP contribution in [-0.4, -0.2) is 51.4 Å². The van der Waals surface area contributed by atoms with Gasteiger partial charge in [-0.25, -0.2) is 4.98 Å². The van der Waals surface area contributed by atoms with Gasteiger partial charge in [-0.15, -0.1) is 0 Å². The molecule has 0 N–H and O–H groups in total. The van der Waals surface area contributed by atoms with E-state index in [1.807, 2.05) is 13.0 Å². The van der Waals surface area contributed by atoms with Gasteiger partial charge in [0.25, 0.3) is 0 Å².